The third-order valence-corrected chi connectivity index (χ3v) is 5.02. The molecule has 1 aliphatic rings. The number of aromatic hydroxyl groups is 1. The summed E-state index contributed by atoms with van der Waals surface area (Å²) in [5.74, 6) is -0.927. The number of carboxylic acids is 1. The predicted octanol–water partition coefficient (Wildman–Crippen LogP) is 3.72. The number of aromatic carboxylic acids is 1. The van der Waals surface area contributed by atoms with E-state index in [-0.39, 0.29) is 17.2 Å². The van der Waals surface area contributed by atoms with Crippen LogP contribution in [0.15, 0.2) is 52.4 Å². The maximum atomic E-state index is 12.5. The van der Waals surface area contributed by atoms with E-state index in [0.29, 0.717) is 33.7 Å². The summed E-state index contributed by atoms with van der Waals surface area (Å²) < 4.78 is 5.37. The van der Waals surface area contributed by atoms with Gasteiger partial charge in [-0.25, -0.2) is 9.79 Å². The van der Waals surface area contributed by atoms with Gasteiger partial charge >= 0.3 is 5.97 Å². The van der Waals surface area contributed by atoms with Crippen LogP contribution in [0.3, 0.4) is 0 Å². The van der Waals surface area contributed by atoms with Gasteiger partial charge in [-0.05, 0) is 55.1 Å². The van der Waals surface area contributed by atoms with Gasteiger partial charge < -0.3 is 14.9 Å². The van der Waals surface area contributed by atoms with Gasteiger partial charge in [0, 0.05) is 12.6 Å². The van der Waals surface area contributed by atoms with E-state index in [0.717, 1.165) is 0 Å². The van der Waals surface area contributed by atoms with Crippen LogP contribution in [0.25, 0.3) is 6.08 Å². The minimum Gasteiger partial charge on any atom is -0.504 e. The van der Waals surface area contributed by atoms with Crippen LogP contribution in [0.5, 0.6) is 11.5 Å². The van der Waals surface area contributed by atoms with E-state index in [1.165, 1.54) is 28.8 Å². The van der Waals surface area contributed by atoms with Crippen LogP contribution in [0.4, 0.5) is 5.69 Å². The topological polar surface area (TPSA) is 99.4 Å². The van der Waals surface area contributed by atoms with Crippen molar-refractivity contribution < 1.29 is 24.5 Å². The summed E-state index contributed by atoms with van der Waals surface area (Å²) in [5.41, 5.74) is 1.18. The van der Waals surface area contributed by atoms with Gasteiger partial charge in [0.05, 0.1) is 22.8 Å². The highest BCUT2D eigenvalue weighted by Crippen LogP contribution is 2.37. The zero-order chi connectivity index (χ0) is 20.3. The first kappa shape index (κ1) is 19.5. The normalized spacial score (nSPS) is 16.8. The number of likely N-dealkylation sites (N-methyl/N-ethyl adjacent to an activating group) is 1. The van der Waals surface area contributed by atoms with Crippen molar-refractivity contribution in [3.05, 3.63) is 58.5 Å². The lowest BCUT2D eigenvalue weighted by Gasteiger charge is -2.08. The van der Waals surface area contributed by atoms with E-state index in [1.807, 2.05) is 6.92 Å². The number of phenols is 1. The quantitative estimate of drug-likeness (QED) is 0.745. The Balaban J connectivity index is 1.88. The lowest BCUT2D eigenvalue weighted by molar-refractivity contribution is -0.121. The lowest BCUT2D eigenvalue weighted by Crippen LogP contribution is -2.23. The Morgan fingerprint density at radius 2 is 1.96 bits per heavy atom. The number of amides is 1. The number of aliphatic imine (C=N–C) groups is 1. The average molecular weight is 398 g/mol. The molecule has 0 spiro atoms. The molecule has 0 unspecified atom stereocenters. The molecule has 0 bridgehead atoms. The average Bonchev–Trinajstić information content (AvgIpc) is 2.93. The van der Waals surface area contributed by atoms with Crippen LogP contribution >= 0.6 is 11.8 Å². The van der Waals surface area contributed by atoms with Gasteiger partial charge in [-0.2, -0.15) is 0 Å². The highest BCUT2D eigenvalue weighted by Gasteiger charge is 2.30. The number of amidine groups is 1. The summed E-state index contributed by atoms with van der Waals surface area (Å²) >= 11 is 1.17. The first-order valence-corrected chi connectivity index (χ1v) is 9.26. The number of ether oxygens (including phenoxy) is 1. The molecule has 2 aromatic carbocycles. The maximum absolute atomic E-state index is 12.5. The largest absolute Gasteiger partial charge is 0.504 e. The van der Waals surface area contributed by atoms with E-state index >= 15 is 0 Å². The Bertz CT molecular complexity index is 983. The summed E-state index contributed by atoms with van der Waals surface area (Å²) in [7, 11) is 1.61. The number of para-hydroxylation sites is 1. The fourth-order valence-corrected chi connectivity index (χ4v) is 3.49. The third-order valence-electron chi connectivity index (χ3n) is 3.96. The Hall–Kier alpha value is -3.26. The molecule has 0 atom stereocenters. The van der Waals surface area contributed by atoms with Crippen molar-refractivity contribution in [1.82, 2.24) is 4.90 Å². The molecule has 2 N–H and O–H groups in total. The number of phenolic OH excluding ortho intramolecular Hbond substituents is 1. The van der Waals surface area contributed by atoms with Crippen molar-refractivity contribution in [3.8, 4) is 11.5 Å². The molecule has 1 saturated heterocycles. The molecule has 8 heteroatoms. The Morgan fingerprint density at radius 1 is 1.25 bits per heavy atom. The second kappa shape index (κ2) is 8.18. The number of carbonyl (C=O) groups is 2. The number of nitrogens with zero attached hydrogens (tertiary/aromatic N) is 2. The smallest absolute Gasteiger partial charge is 0.335 e. The van der Waals surface area contributed by atoms with Gasteiger partial charge in [-0.15, -0.1) is 0 Å². The Morgan fingerprint density at radius 3 is 2.61 bits per heavy atom. The van der Waals surface area contributed by atoms with Gasteiger partial charge in [0.15, 0.2) is 16.7 Å². The highest BCUT2D eigenvalue weighted by atomic mass is 32.2. The Kier molecular flexibility index (Phi) is 5.70. The molecular weight excluding hydrogens is 380 g/mol. The number of carbonyl (C=O) groups excluding carboxylic acids is 1. The molecule has 1 heterocycles. The first-order chi connectivity index (χ1) is 13.4. The van der Waals surface area contributed by atoms with E-state index in [1.54, 1.807) is 43.5 Å². The molecule has 3 rings (SSSR count). The van der Waals surface area contributed by atoms with Crippen molar-refractivity contribution in [2.24, 2.45) is 4.99 Å². The molecule has 0 aliphatic carbocycles. The van der Waals surface area contributed by atoms with Gasteiger partial charge in [-0.3, -0.25) is 9.69 Å². The van der Waals surface area contributed by atoms with Crippen molar-refractivity contribution in [2.75, 3.05) is 13.7 Å². The number of carboxylic acid groups (broad SMARTS) is 1. The molecule has 0 aromatic heterocycles. The van der Waals surface area contributed by atoms with Gasteiger partial charge in [0.2, 0.25) is 0 Å². The highest BCUT2D eigenvalue weighted by molar-refractivity contribution is 8.18. The molecule has 28 heavy (non-hydrogen) atoms. The summed E-state index contributed by atoms with van der Waals surface area (Å²) in [6.07, 6.45) is 1.59. The molecule has 1 amide bonds. The van der Waals surface area contributed by atoms with Crippen LogP contribution in [-0.2, 0) is 4.79 Å². The van der Waals surface area contributed by atoms with Crippen LogP contribution in [0.1, 0.15) is 22.8 Å². The third kappa shape index (κ3) is 4.01. The van der Waals surface area contributed by atoms with Crippen LogP contribution in [-0.4, -0.2) is 45.8 Å². The number of thioether (sulfide) groups is 1. The predicted molar refractivity (Wildman–Crippen MR) is 108 cm³/mol. The van der Waals surface area contributed by atoms with Crippen molar-refractivity contribution in [1.29, 1.82) is 0 Å². The fourth-order valence-electron chi connectivity index (χ4n) is 2.51. The summed E-state index contributed by atoms with van der Waals surface area (Å²) in [6.45, 7) is 2.24. The summed E-state index contributed by atoms with van der Waals surface area (Å²) in [4.78, 5) is 29.7. The van der Waals surface area contributed by atoms with Crippen molar-refractivity contribution in [3.63, 3.8) is 0 Å². The van der Waals surface area contributed by atoms with E-state index in [4.69, 9.17) is 9.84 Å². The second-order valence-corrected chi connectivity index (χ2v) is 6.86. The monoisotopic (exact) mass is 398 g/mol. The first-order valence-electron chi connectivity index (χ1n) is 8.45. The second-order valence-electron chi connectivity index (χ2n) is 5.85. The molecule has 0 saturated carbocycles. The van der Waals surface area contributed by atoms with E-state index in [2.05, 4.69) is 4.99 Å². The molecule has 144 valence electrons. The Labute approximate surface area is 166 Å². The van der Waals surface area contributed by atoms with Crippen molar-refractivity contribution >= 4 is 40.6 Å². The van der Waals surface area contributed by atoms with E-state index in [9.17, 15) is 14.7 Å². The number of rotatable bonds is 5. The maximum Gasteiger partial charge on any atom is 0.335 e. The van der Waals surface area contributed by atoms with Gasteiger partial charge in [0.1, 0.15) is 0 Å². The summed E-state index contributed by atoms with van der Waals surface area (Å²) in [5, 5.41) is 19.7. The fraction of sp³-hybridized carbons (Fsp3) is 0.150. The zero-order valence-electron chi connectivity index (χ0n) is 15.2. The SMILES string of the molecule is CCOc1cccc(C=C2SC(=Nc3ccc(C(=O)O)cc3)N(C)C2=O)c1O. The molecule has 0 radical (unpaired) electrons. The molecule has 7 nitrogen and oxygen atoms in total. The number of benzene rings is 2. The van der Waals surface area contributed by atoms with Crippen molar-refractivity contribution in [2.45, 2.75) is 6.92 Å². The minimum atomic E-state index is -1.01. The minimum absolute atomic E-state index is 0.0254. The lowest BCUT2D eigenvalue weighted by atomic mass is 10.1. The molecule has 2 aromatic rings. The summed E-state index contributed by atoms with van der Waals surface area (Å²) in [6, 6.07) is 11.2. The van der Waals surface area contributed by atoms with Crippen LogP contribution in [0, 0.1) is 0 Å². The van der Waals surface area contributed by atoms with Crippen LogP contribution in [0.2, 0.25) is 0 Å². The molecule has 1 fully saturated rings. The molecule has 1 aliphatic heterocycles. The number of hydrogen-bond acceptors (Lipinski definition) is 6. The molecular formula is C20H18N2O5S. The van der Waals surface area contributed by atoms with Crippen LogP contribution < -0.4 is 4.74 Å². The van der Waals surface area contributed by atoms with Gasteiger partial charge in [-0.1, -0.05) is 12.1 Å². The van der Waals surface area contributed by atoms with Gasteiger partial charge in [0.25, 0.3) is 5.91 Å². The van der Waals surface area contributed by atoms with E-state index < -0.39 is 5.97 Å². The number of hydrogen-bond donors (Lipinski definition) is 2. The zero-order valence-corrected chi connectivity index (χ0v) is 16.1. The standard InChI is InChI=1S/C20H18N2O5S/c1-3-27-15-6-4-5-13(17(15)23)11-16-18(24)22(2)20(28-16)21-14-9-7-12(8-10-14)19(25)26/h4-11,23H,3H2,1-2H3,(H,25,26).